The molecular weight excluding hydrogens is 445 g/mol. The number of guanidine groups is 1. The van der Waals surface area contributed by atoms with E-state index in [4.69, 9.17) is 14.2 Å². The van der Waals surface area contributed by atoms with E-state index < -0.39 is 0 Å². The minimum absolute atomic E-state index is 0. The molecule has 26 heavy (non-hydrogen) atoms. The van der Waals surface area contributed by atoms with E-state index in [9.17, 15) is 0 Å². The van der Waals surface area contributed by atoms with Crippen LogP contribution in [0.2, 0.25) is 0 Å². The highest BCUT2D eigenvalue weighted by molar-refractivity contribution is 14.0. The van der Waals surface area contributed by atoms with Crippen LogP contribution in [0.5, 0.6) is 17.2 Å². The van der Waals surface area contributed by atoms with Gasteiger partial charge in [-0.25, -0.2) is 0 Å². The summed E-state index contributed by atoms with van der Waals surface area (Å²) >= 11 is 0. The first kappa shape index (κ1) is 20.2. The van der Waals surface area contributed by atoms with Crippen molar-refractivity contribution in [1.29, 1.82) is 0 Å². The fraction of sp³-hybridized carbons (Fsp3) is 0.316. The molecule has 0 unspecified atom stereocenters. The summed E-state index contributed by atoms with van der Waals surface area (Å²) in [5.41, 5.74) is 1.30. The molecule has 0 aliphatic carbocycles. The Labute approximate surface area is 171 Å². The van der Waals surface area contributed by atoms with Crippen molar-refractivity contribution in [2.75, 3.05) is 33.5 Å². The fourth-order valence-corrected chi connectivity index (χ4v) is 2.50. The zero-order chi connectivity index (χ0) is 17.3. The van der Waals surface area contributed by atoms with Gasteiger partial charge in [0.2, 0.25) is 6.79 Å². The van der Waals surface area contributed by atoms with Gasteiger partial charge >= 0.3 is 0 Å². The van der Waals surface area contributed by atoms with Gasteiger partial charge < -0.3 is 24.8 Å². The molecular formula is C19H24IN3O3. The molecule has 0 bridgehead atoms. The van der Waals surface area contributed by atoms with E-state index in [0.717, 1.165) is 36.2 Å². The second kappa shape index (κ2) is 10.7. The van der Waals surface area contributed by atoms with Crippen molar-refractivity contribution >= 4 is 29.9 Å². The number of aliphatic imine (C=N–C) groups is 1. The summed E-state index contributed by atoms with van der Waals surface area (Å²) in [5, 5.41) is 6.53. The molecule has 2 aromatic carbocycles. The summed E-state index contributed by atoms with van der Waals surface area (Å²) in [4.78, 5) is 4.21. The van der Waals surface area contributed by atoms with Gasteiger partial charge in [0, 0.05) is 19.7 Å². The number of hydrogen-bond acceptors (Lipinski definition) is 4. The van der Waals surface area contributed by atoms with Crippen LogP contribution in [0.25, 0.3) is 0 Å². The highest BCUT2D eigenvalue weighted by Gasteiger charge is 2.13. The van der Waals surface area contributed by atoms with Crippen LogP contribution in [0.4, 0.5) is 0 Å². The van der Waals surface area contributed by atoms with Gasteiger partial charge in [0.15, 0.2) is 17.5 Å². The molecule has 1 aliphatic heterocycles. The maximum atomic E-state index is 5.72. The SMILES string of the molecule is CN=C(NCCOc1ccc2c(c1)OCO2)NCCc1ccccc1.I. The van der Waals surface area contributed by atoms with Gasteiger partial charge in [0.05, 0.1) is 6.54 Å². The number of benzene rings is 2. The second-order valence-electron chi connectivity index (χ2n) is 5.52. The average Bonchev–Trinajstić information content (AvgIpc) is 3.12. The first-order valence-corrected chi connectivity index (χ1v) is 8.36. The molecule has 0 radical (unpaired) electrons. The van der Waals surface area contributed by atoms with Crippen molar-refractivity contribution in [1.82, 2.24) is 10.6 Å². The average molecular weight is 469 g/mol. The van der Waals surface area contributed by atoms with Crippen molar-refractivity contribution in [3.8, 4) is 17.2 Å². The van der Waals surface area contributed by atoms with Crippen LogP contribution in [0, 0.1) is 0 Å². The Morgan fingerprint density at radius 1 is 1.04 bits per heavy atom. The zero-order valence-corrected chi connectivity index (χ0v) is 17.1. The molecule has 140 valence electrons. The van der Waals surface area contributed by atoms with E-state index in [1.165, 1.54) is 5.56 Å². The molecule has 0 fully saturated rings. The van der Waals surface area contributed by atoms with Crippen LogP contribution < -0.4 is 24.8 Å². The highest BCUT2D eigenvalue weighted by atomic mass is 127. The molecule has 0 amide bonds. The lowest BCUT2D eigenvalue weighted by atomic mass is 10.1. The van der Waals surface area contributed by atoms with Gasteiger partial charge in [-0.05, 0) is 24.1 Å². The third kappa shape index (κ3) is 5.98. The Kier molecular flexibility index (Phi) is 8.33. The molecule has 0 spiro atoms. The smallest absolute Gasteiger partial charge is 0.231 e. The van der Waals surface area contributed by atoms with E-state index in [2.05, 4.69) is 39.9 Å². The fourth-order valence-electron chi connectivity index (χ4n) is 2.50. The third-order valence-corrected chi connectivity index (χ3v) is 3.78. The van der Waals surface area contributed by atoms with E-state index in [-0.39, 0.29) is 30.8 Å². The van der Waals surface area contributed by atoms with Crippen LogP contribution in [0.1, 0.15) is 5.56 Å². The highest BCUT2D eigenvalue weighted by Crippen LogP contribution is 2.34. The molecule has 2 aromatic rings. The number of nitrogens with one attached hydrogen (secondary N) is 2. The number of ether oxygens (including phenoxy) is 3. The monoisotopic (exact) mass is 469 g/mol. The van der Waals surface area contributed by atoms with Crippen molar-refractivity contribution in [3.63, 3.8) is 0 Å². The number of hydrogen-bond donors (Lipinski definition) is 2. The summed E-state index contributed by atoms with van der Waals surface area (Å²) in [6.07, 6.45) is 0.954. The normalized spacial score (nSPS) is 12.3. The van der Waals surface area contributed by atoms with E-state index in [1.54, 1.807) is 7.05 Å². The van der Waals surface area contributed by atoms with E-state index in [1.807, 2.05) is 24.3 Å². The molecule has 7 heteroatoms. The lowest BCUT2D eigenvalue weighted by molar-refractivity contribution is 0.173. The van der Waals surface area contributed by atoms with Gasteiger partial charge in [-0.1, -0.05) is 30.3 Å². The summed E-state index contributed by atoms with van der Waals surface area (Å²) in [6, 6.07) is 15.9. The van der Waals surface area contributed by atoms with Crippen LogP contribution in [-0.2, 0) is 6.42 Å². The number of nitrogens with zero attached hydrogens (tertiary/aromatic N) is 1. The molecule has 0 saturated carbocycles. The number of rotatable bonds is 7. The van der Waals surface area contributed by atoms with Crippen molar-refractivity contribution < 1.29 is 14.2 Å². The Morgan fingerprint density at radius 3 is 2.62 bits per heavy atom. The predicted molar refractivity (Wildman–Crippen MR) is 113 cm³/mol. The van der Waals surface area contributed by atoms with Crippen LogP contribution in [0.15, 0.2) is 53.5 Å². The zero-order valence-electron chi connectivity index (χ0n) is 14.7. The summed E-state index contributed by atoms with van der Waals surface area (Å²) < 4.78 is 16.3. The lowest BCUT2D eigenvalue weighted by Crippen LogP contribution is -2.40. The Balaban J connectivity index is 0.00000243. The lowest BCUT2D eigenvalue weighted by Gasteiger charge is -2.12. The minimum atomic E-state index is 0. The molecule has 1 aliphatic rings. The number of halogens is 1. The largest absolute Gasteiger partial charge is 0.492 e. The number of fused-ring (bicyclic) bond motifs is 1. The van der Waals surface area contributed by atoms with Crippen LogP contribution in [0.3, 0.4) is 0 Å². The molecule has 2 N–H and O–H groups in total. The molecule has 6 nitrogen and oxygen atoms in total. The van der Waals surface area contributed by atoms with Gasteiger partial charge in [0.1, 0.15) is 12.4 Å². The minimum Gasteiger partial charge on any atom is -0.492 e. The second-order valence-corrected chi connectivity index (χ2v) is 5.52. The van der Waals surface area contributed by atoms with Gasteiger partial charge in [-0.3, -0.25) is 4.99 Å². The van der Waals surface area contributed by atoms with Crippen LogP contribution in [-0.4, -0.2) is 39.5 Å². The first-order chi connectivity index (χ1) is 12.3. The summed E-state index contributed by atoms with van der Waals surface area (Å²) in [6.45, 7) is 2.27. The van der Waals surface area contributed by atoms with Crippen molar-refractivity contribution in [3.05, 3.63) is 54.1 Å². The Bertz CT molecular complexity index is 710. The Hall–Kier alpha value is -2.16. The summed E-state index contributed by atoms with van der Waals surface area (Å²) in [5.74, 6) is 3.01. The molecule has 0 saturated heterocycles. The standard InChI is InChI=1S/C19H23N3O3.HI/c1-20-19(21-10-9-15-5-3-2-4-6-15)22-11-12-23-16-7-8-17-18(13-16)25-14-24-17;/h2-8,13H,9-12,14H2,1H3,(H2,20,21,22);1H. The molecule has 0 aromatic heterocycles. The first-order valence-electron chi connectivity index (χ1n) is 8.36. The van der Waals surface area contributed by atoms with Gasteiger partial charge in [-0.15, -0.1) is 24.0 Å². The van der Waals surface area contributed by atoms with Crippen molar-refractivity contribution in [2.45, 2.75) is 6.42 Å². The Morgan fingerprint density at radius 2 is 1.81 bits per heavy atom. The maximum Gasteiger partial charge on any atom is 0.231 e. The van der Waals surface area contributed by atoms with Crippen LogP contribution >= 0.6 is 24.0 Å². The summed E-state index contributed by atoms with van der Waals surface area (Å²) in [7, 11) is 1.76. The maximum absolute atomic E-state index is 5.72. The molecule has 1 heterocycles. The van der Waals surface area contributed by atoms with E-state index >= 15 is 0 Å². The predicted octanol–water partition coefficient (Wildman–Crippen LogP) is 2.82. The molecule has 0 atom stereocenters. The van der Waals surface area contributed by atoms with Crippen molar-refractivity contribution in [2.24, 2.45) is 4.99 Å². The topological polar surface area (TPSA) is 64.1 Å². The third-order valence-electron chi connectivity index (χ3n) is 3.78. The van der Waals surface area contributed by atoms with Gasteiger partial charge in [-0.2, -0.15) is 0 Å². The van der Waals surface area contributed by atoms with E-state index in [0.29, 0.717) is 13.2 Å². The molecule has 3 rings (SSSR count). The van der Waals surface area contributed by atoms with Gasteiger partial charge in [0.25, 0.3) is 0 Å². The quantitative estimate of drug-likeness (QED) is 0.283.